The lowest BCUT2D eigenvalue weighted by Crippen LogP contribution is -2.06. The number of nitrogens with one attached hydrogen (secondary N) is 1. The van der Waals surface area contributed by atoms with Crippen molar-refractivity contribution in [1.82, 2.24) is 0 Å². The standard InChI is InChI=1S/C13H10F3NO3/c14-13(15,16)9-1-3-10(4-2-9)17-7-8-5-6-20-11(8)12(18)19/h1-6,17H,7H2,(H,18,19). The fourth-order valence-corrected chi connectivity index (χ4v) is 1.64. The zero-order valence-electron chi connectivity index (χ0n) is 10.1. The number of carbonyl (C=O) groups is 1. The number of anilines is 1. The van der Waals surface area contributed by atoms with Crippen molar-refractivity contribution in [3.8, 4) is 0 Å². The molecule has 2 rings (SSSR count). The van der Waals surface area contributed by atoms with Crippen LogP contribution in [0.1, 0.15) is 21.7 Å². The third kappa shape index (κ3) is 3.11. The molecule has 0 radical (unpaired) electrons. The normalized spacial score (nSPS) is 11.3. The summed E-state index contributed by atoms with van der Waals surface area (Å²) in [6.07, 6.45) is -3.13. The number of benzene rings is 1. The summed E-state index contributed by atoms with van der Waals surface area (Å²) >= 11 is 0. The molecule has 1 aromatic heterocycles. The highest BCUT2D eigenvalue weighted by Crippen LogP contribution is 2.29. The molecule has 0 saturated carbocycles. The summed E-state index contributed by atoms with van der Waals surface area (Å²) in [4.78, 5) is 10.8. The SMILES string of the molecule is O=C(O)c1occc1CNc1ccc(C(F)(F)F)cc1. The third-order valence-corrected chi connectivity index (χ3v) is 2.64. The number of rotatable bonds is 4. The molecule has 0 aliphatic carbocycles. The van der Waals surface area contributed by atoms with Crippen LogP contribution in [0, 0.1) is 0 Å². The van der Waals surface area contributed by atoms with Gasteiger partial charge in [0, 0.05) is 17.8 Å². The van der Waals surface area contributed by atoms with Gasteiger partial charge in [-0.3, -0.25) is 0 Å². The molecule has 7 heteroatoms. The van der Waals surface area contributed by atoms with Gasteiger partial charge >= 0.3 is 12.1 Å². The Morgan fingerprint density at radius 2 is 1.85 bits per heavy atom. The molecule has 0 unspecified atom stereocenters. The van der Waals surface area contributed by atoms with Crippen molar-refractivity contribution in [3.63, 3.8) is 0 Å². The van der Waals surface area contributed by atoms with Crippen LogP contribution in [0.5, 0.6) is 0 Å². The molecule has 0 amide bonds. The van der Waals surface area contributed by atoms with Crippen LogP contribution >= 0.6 is 0 Å². The van der Waals surface area contributed by atoms with Gasteiger partial charge in [-0.1, -0.05) is 0 Å². The molecule has 0 spiro atoms. The van der Waals surface area contributed by atoms with E-state index in [1.54, 1.807) is 0 Å². The van der Waals surface area contributed by atoms with Crippen LogP contribution < -0.4 is 5.32 Å². The minimum Gasteiger partial charge on any atom is -0.475 e. The Labute approximate surface area is 111 Å². The fraction of sp³-hybridized carbons (Fsp3) is 0.154. The van der Waals surface area contributed by atoms with Crippen molar-refractivity contribution in [1.29, 1.82) is 0 Å². The highest BCUT2D eigenvalue weighted by atomic mass is 19.4. The van der Waals surface area contributed by atoms with Crippen LogP contribution in [0.4, 0.5) is 18.9 Å². The van der Waals surface area contributed by atoms with Crippen molar-refractivity contribution in [2.24, 2.45) is 0 Å². The van der Waals surface area contributed by atoms with Gasteiger partial charge in [0.25, 0.3) is 0 Å². The number of alkyl halides is 3. The van der Waals surface area contributed by atoms with E-state index in [1.807, 2.05) is 0 Å². The summed E-state index contributed by atoms with van der Waals surface area (Å²) in [7, 11) is 0. The lowest BCUT2D eigenvalue weighted by Gasteiger charge is -2.09. The van der Waals surface area contributed by atoms with Gasteiger partial charge in [0.05, 0.1) is 11.8 Å². The first-order valence-electron chi connectivity index (χ1n) is 5.58. The first kappa shape index (κ1) is 14.0. The second-order valence-electron chi connectivity index (χ2n) is 4.01. The second kappa shape index (κ2) is 5.28. The maximum atomic E-state index is 12.4. The minimum atomic E-state index is -4.38. The van der Waals surface area contributed by atoms with Crippen LogP contribution in [0.2, 0.25) is 0 Å². The van der Waals surface area contributed by atoms with Crippen molar-refractivity contribution < 1.29 is 27.5 Å². The number of carboxylic acids is 1. The van der Waals surface area contributed by atoms with Gasteiger partial charge in [0.2, 0.25) is 5.76 Å². The molecular weight excluding hydrogens is 275 g/mol. The molecular formula is C13H10F3NO3. The number of carboxylic acid groups (broad SMARTS) is 1. The smallest absolute Gasteiger partial charge is 0.416 e. The molecule has 2 N–H and O–H groups in total. The topological polar surface area (TPSA) is 62.5 Å². The van der Waals surface area contributed by atoms with Gasteiger partial charge in [-0.05, 0) is 30.3 Å². The van der Waals surface area contributed by atoms with Crippen LogP contribution in [0.15, 0.2) is 41.0 Å². The number of hydrogen-bond donors (Lipinski definition) is 2. The van der Waals surface area contributed by atoms with E-state index in [-0.39, 0.29) is 12.3 Å². The Morgan fingerprint density at radius 1 is 1.20 bits per heavy atom. The molecule has 0 bridgehead atoms. The highest BCUT2D eigenvalue weighted by Gasteiger charge is 2.29. The second-order valence-corrected chi connectivity index (χ2v) is 4.01. The van der Waals surface area contributed by atoms with E-state index in [9.17, 15) is 18.0 Å². The molecule has 4 nitrogen and oxygen atoms in total. The van der Waals surface area contributed by atoms with Gasteiger partial charge in [-0.15, -0.1) is 0 Å². The predicted octanol–water partition coefficient (Wildman–Crippen LogP) is 3.61. The summed E-state index contributed by atoms with van der Waals surface area (Å²) in [5, 5.41) is 11.7. The van der Waals surface area contributed by atoms with E-state index in [0.29, 0.717) is 11.3 Å². The van der Waals surface area contributed by atoms with Gasteiger partial charge < -0.3 is 14.8 Å². The quantitative estimate of drug-likeness (QED) is 0.900. The van der Waals surface area contributed by atoms with E-state index >= 15 is 0 Å². The zero-order valence-corrected chi connectivity index (χ0v) is 10.1. The van der Waals surface area contributed by atoms with Crippen LogP contribution in [-0.2, 0) is 12.7 Å². The average molecular weight is 285 g/mol. The number of hydrogen-bond acceptors (Lipinski definition) is 3. The lowest BCUT2D eigenvalue weighted by molar-refractivity contribution is -0.137. The van der Waals surface area contributed by atoms with E-state index in [4.69, 9.17) is 9.52 Å². The lowest BCUT2D eigenvalue weighted by atomic mass is 10.2. The van der Waals surface area contributed by atoms with Crippen molar-refractivity contribution in [3.05, 3.63) is 53.5 Å². The first-order valence-corrected chi connectivity index (χ1v) is 5.58. The average Bonchev–Trinajstić information content (AvgIpc) is 2.84. The van der Waals surface area contributed by atoms with E-state index in [1.165, 1.54) is 24.5 Å². The Hall–Kier alpha value is -2.44. The number of aromatic carboxylic acids is 1. The van der Waals surface area contributed by atoms with Gasteiger partial charge in [-0.25, -0.2) is 4.79 Å². The monoisotopic (exact) mass is 285 g/mol. The molecule has 0 aliphatic heterocycles. The Kier molecular flexibility index (Phi) is 3.69. The summed E-state index contributed by atoms with van der Waals surface area (Å²) in [6.45, 7) is 0.142. The largest absolute Gasteiger partial charge is 0.475 e. The molecule has 0 atom stereocenters. The van der Waals surface area contributed by atoms with Crippen molar-refractivity contribution in [2.75, 3.05) is 5.32 Å². The van der Waals surface area contributed by atoms with E-state index in [0.717, 1.165) is 12.1 Å². The molecule has 0 fully saturated rings. The highest BCUT2D eigenvalue weighted by molar-refractivity contribution is 5.86. The van der Waals surface area contributed by atoms with Crippen LogP contribution in [-0.4, -0.2) is 11.1 Å². The molecule has 0 aliphatic rings. The van der Waals surface area contributed by atoms with Crippen LogP contribution in [0.25, 0.3) is 0 Å². The Balaban J connectivity index is 2.04. The molecule has 1 aromatic carbocycles. The molecule has 0 saturated heterocycles. The van der Waals surface area contributed by atoms with E-state index < -0.39 is 17.7 Å². The Morgan fingerprint density at radius 3 is 2.40 bits per heavy atom. The summed E-state index contributed by atoms with van der Waals surface area (Å²) in [6, 6.07) is 5.96. The van der Waals surface area contributed by atoms with Crippen LogP contribution in [0.3, 0.4) is 0 Å². The summed E-state index contributed by atoms with van der Waals surface area (Å²) in [5.74, 6) is -1.39. The maximum Gasteiger partial charge on any atom is 0.416 e. The summed E-state index contributed by atoms with van der Waals surface area (Å²) < 4.78 is 41.9. The van der Waals surface area contributed by atoms with E-state index in [2.05, 4.69) is 5.32 Å². The van der Waals surface area contributed by atoms with Gasteiger partial charge in [0.1, 0.15) is 0 Å². The minimum absolute atomic E-state index is 0.142. The number of halogens is 3. The molecule has 106 valence electrons. The number of furan rings is 1. The first-order chi connectivity index (χ1) is 9.38. The Bertz CT molecular complexity index is 602. The van der Waals surface area contributed by atoms with Crippen molar-refractivity contribution >= 4 is 11.7 Å². The molecule has 1 heterocycles. The fourth-order valence-electron chi connectivity index (χ4n) is 1.64. The summed E-state index contributed by atoms with van der Waals surface area (Å²) in [5.41, 5.74) is 0.130. The molecule has 20 heavy (non-hydrogen) atoms. The molecule has 2 aromatic rings. The van der Waals surface area contributed by atoms with Gasteiger partial charge in [-0.2, -0.15) is 13.2 Å². The predicted molar refractivity (Wildman–Crippen MR) is 64.4 cm³/mol. The van der Waals surface area contributed by atoms with Gasteiger partial charge in [0.15, 0.2) is 0 Å². The zero-order chi connectivity index (χ0) is 14.8. The maximum absolute atomic E-state index is 12.4. The third-order valence-electron chi connectivity index (χ3n) is 2.64. The van der Waals surface area contributed by atoms with Crippen molar-refractivity contribution in [2.45, 2.75) is 12.7 Å².